The molecule has 0 aliphatic rings. The first-order chi connectivity index (χ1) is 16.8. The number of ether oxygens (including phenoxy) is 2. The summed E-state index contributed by atoms with van der Waals surface area (Å²) in [6.07, 6.45) is -0.542. The number of nitrogens with zero attached hydrogens (tertiary/aromatic N) is 1. The predicted octanol–water partition coefficient (Wildman–Crippen LogP) is 1.58. The van der Waals surface area contributed by atoms with E-state index in [1.165, 1.54) is 13.1 Å². The molecular formula is C23H27N7O5. The van der Waals surface area contributed by atoms with Crippen LogP contribution in [0, 0.1) is 0 Å². The van der Waals surface area contributed by atoms with Crippen LogP contribution >= 0.6 is 0 Å². The smallest absolute Gasteiger partial charge is 0.409 e. The highest BCUT2D eigenvalue weighted by molar-refractivity contribution is 5.99. The van der Waals surface area contributed by atoms with Crippen LogP contribution in [0.25, 0.3) is 0 Å². The van der Waals surface area contributed by atoms with Crippen molar-refractivity contribution in [2.45, 2.75) is 0 Å². The monoisotopic (exact) mass is 481 g/mol. The number of rotatable bonds is 7. The minimum atomic E-state index is -0.542. The van der Waals surface area contributed by atoms with Crippen LogP contribution in [-0.2, 0) is 9.53 Å². The molecule has 0 unspecified atom stereocenters. The Hall–Kier alpha value is -5.00. The van der Waals surface area contributed by atoms with E-state index < -0.39 is 12.0 Å². The summed E-state index contributed by atoms with van der Waals surface area (Å²) in [5.74, 6) is 0.185. The molecule has 0 aliphatic heterocycles. The third-order valence-corrected chi connectivity index (χ3v) is 4.20. The largest absolute Gasteiger partial charge is 0.455 e. The van der Waals surface area contributed by atoms with E-state index in [0.29, 0.717) is 22.7 Å². The summed E-state index contributed by atoms with van der Waals surface area (Å²) in [5, 5.41) is 7.32. The number of aromatic nitrogens is 1. The molecule has 0 aliphatic carbocycles. The van der Waals surface area contributed by atoms with Crippen molar-refractivity contribution < 1.29 is 23.9 Å². The Labute approximate surface area is 201 Å². The third kappa shape index (κ3) is 9.18. The number of benzene rings is 2. The number of nitrogens with one attached hydrogen (secondary N) is 3. The highest BCUT2D eigenvalue weighted by Crippen LogP contribution is 2.19. The van der Waals surface area contributed by atoms with Gasteiger partial charge >= 0.3 is 6.09 Å². The van der Waals surface area contributed by atoms with Crippen molar-refractivity contribution in [1.82, 2.24) is 15.6 Å². The number of hydrogen-bond acceptors (Lipinski definition) is 9. The fourth-order valence-electron chi connectivity index (χ4n) is 2.43. The van der Waals surface area contributed by atoms with E-state index in [1.807, 2.05) is 0 Å². The molecule has 0 radical (unpaired) electrons. The average Bonchev–Trinajstić information content (AvgIpc) is 2.86. The quantitative estimate of drug-likeness (QED) is 0.214. The Morgan fingerprint density at radius 3 is 2.23 bits per heavy atom. The second-order valence-electron chi connectivity index (χ2n) is 6.75. The molecule has 0 bridgehead atoms. The van der Waals surface area contributed by atoms with Crippen LogP contribution in [0.2, 0.25) is 0 Å². The summed E-state index contributed by atoms with van der Waals surface area (Å²) in [7, 11) is 1.47. The molecule has 12 heteroatoms. The van der Waals surface area contributed by atoms with Gasteiger partial charge in [0.15, 0.2) is 0 Å². The van der Waals surface area contributed by atoms with Crippen molar-refractivity contribution in [1.29, 1.82) is 0 Å². The van der Waals surface area contributed by atoms with Crippen LogP contribution < -0.4 is 37.9 Å². The Kier molecular flexibility index (Phi) is 10.1. The molecule has 12 nitrogen and oxygen atoms in total. The van der Waals surface area contributed by atoms with Crippen molar-refractivity contribution >= 4 is 40.9 Å². The Balaban J connectivity index is 0.000000269. The van der Waals surface area contributed by atoms with Gasteiger partial charge < -0.3 is 42.6 Å². The zero-order valence-corrected chi connectivity index (χ0v) is 19.0. The lowest BCUT2D eigenvalue weighted by Gasteiger charge is -2.08. The van der Waals surface area contributed by atoms with Crippen molar-refractivity contribution in [3.8, 4) is 5.75 Å². The number of carbonyl (C=O) groups excluding carboxylic acids is 3. The van der Waals surface area contributed by atoms with Crippen molar-refractivity contribution in [2.24, 2.45) is 0 Å². The number of amides is 3. The highest BCUT2D eigenvalue weighted by Gasteiger charge is 2.09. The van der Waals surface area contributed by atoms with Crippen LogP contribution in [0.3, 0.4) is 0 Å². The van der Waals surface area contributed by atoms with E-state index >= 15 is 0 Å². The van der Waals surface area contributed by atoms with Gasteiger partial charge in [-0.05, 0) is 36.4 Å². The lowest BCUT2D eigenvalue weighted by Crippen LogP contribution is -2.33. The Morgan fingerprint density at radius 1 is 0.886 bits per heavy atom. The topological polar surface area (TPSA) is 197 Å². The molecule has 3 aromatic rings. The molecule has 0 saturated heterocycles. The average molecular weight is 482 g/mol. The van der Waals surface area contributed by atoms with Crippen LogP contribution in [-0.4, -0.2) is 43.3 Å². The van der Waals surface area contributed by atoms with E-state index in [4.69, 9.17) is 21.9 Å². The first-order valence-electron chi connectivity index (χ1n) is 10.3. The first-order valence-corrected chi connectivity index (χ1v) is 10.3. The van der Waals surface area contributed by atoms with Gasteiger partial charge in [-0.25, -0.2) is 9.78 Å². The summed E-state index contributed by atoms with van der Waals surface area (Å²) >= 11 is 0. The summed E-state index contributed by atoms with van der Waals surface area (Å²) in [5.41, 5.74) is 18.0. The van der Waals surface area contributed by atoms with Crippen molar-refractivity contribution in [2.75, 3.05) is 42.9 Å². The zero-order chi connectivity index (χ0) is 25.6. The summed E-state index contributed by atoms with van der Waals surface area (Å²) in [4.78, 5) is 38.0. The standard InChI is InChI=1S/C14H15N5O2.C9H12N2O3/c15-10-6-7-11(19-13(10)16)18-12(20)8-17-14(21)9-4-2-1-3-5-9;1-11-9(12)14-6-13-8-5-3-2-4-7(8)10/h1-7H,8,15H2,(H,17,21)(H3,16,18,19,20);2-5H,6,10H2,1H3,(H,11,12). The van der Waals surface area contributed by atoms with E-state index in [1.54, 1.807) is 60.7 Å². The molecule has 3 amide bonds. The van der Waals surface area contributed by atoms with Gasteiger partial charge in [0.05, 0.1) is 17.9 Å². The predicted molar refractivity (Wildman–Crippen MR) is 132 cm³/mol. The van der Waals surface area contributed by atoms with E-state index in [0.717, 1.165) is 0 Å². The van der Waals surface area contributed by atoms with E-state index in [2.05, 4.69) is 25.7 Å². The Morgan fingerprint density at radius 2 is 1.57 bits per heavy atom. The number of anilines is 4. The minimum Gasteiger partial charge on any atom is -0.455 e. The third-order valence-electron chi connectivity index (χ3n) is 4.20. The molecule has 2 aromatic carbocycles. The van der Waals surface area contributed by atoms with Gasteiger partial charge in [0.2, 0.25) is 12.7 Å². The summed E-state index contributed by atoms with van der Waals surface area (Å²) in [6.45, 7) is -0.326. The van der Waals surface area contributed by atoms with Gasteiger partial charge in [-0.15, -0.1) is 0 Å². The molecule has 3 rings (SSSR count). The normalized spacial score (nSPS) is 9.63. The molecule has 0 saturated carbocycles. The maximum Gasteiger partial charge on any atom is 0.409 e. The molecule has 1 heterocycles. The SMILES string of the molecule is CNC(=O)OCOc1ccccc1N.Nc1ccc(NC(=O)CNC(=O)c2ccccc2)nc1N. The zero-order valence-electron chi connectivity index (χ0n) is 19.0. The van der Waals surface area contributed by atoms with Crippen LogP contribution in [0.1, 0.15) is 10.4 Å². The molecule has 35 heavy (non-hydrogen) atoms. The van der Waals surface area contributed by atoms with Gasteiger partial charge in [-0.1, -0.05) is 30.3 Å². The van der Waals surface area contributed by atoms with Crippen molar-refractivity contribution in [3.63, 3.8) is 0 Å². The molecule has 0 spiro atoms. The van der Waals surface area contributed by atoms with E-state index in [-0.39, 0.29) is 30.9 Å². The fraction of sp³-hybridized carbons (Fsp3) is 0.130. The number of hydrogen-bond donors (Lipinski definition) is 6. The molecular weight excluding hydrogens is 454 g/mol. The van der Waals surface area contributed by atoms with Crippen LogP contribution in [0.5, 0.6) is 5.75 Å². The Bertz CT molecular complexity index is 1140. The number of para-hydroxylation sites is 2. The lowest BCUT2D eigenvalue weighted by molar-refractivity contribution is -0.115. The molecule has 184 valence electrons. The number of nitrogen functional groups attached to an aromatic ring is 3. The van der Waals surface area contributed by atoms with Gasteiger partial charge in [0.25, 0.3) is 5.91 Å². The van der Waals surface area contributed by atoms with Crippen LogP contribution in [0.4, 0.5) is 27.8 Å². The summed E-state index contributed by atoms with van der Waals surface area (Å²) < 4.78 is 9.72. The molecule has 9 N–H and O–H groups in total. The van der Waals surface area contributed by atoms with E-state index in [9.17, 15) is 14.4 Å². The van der Waals surface area contributed by atoms with Gasteiger partial charge in [-0.2, -0.15) is 0 Å². The van der Waals surface area contributed by atoms with Gasteiger partial charge in [0.1, 0.15) is 17.4 Å². The second-order valence-corrected chi connectivity index (χ2v) is 6.75. The number of nitrogens with two attached hydrogens (primary N) is 3. The van der Waals surface area contributed by atoms with Crippen molar-refractivity contribution in [3.05, 3.63) is 72.3 Å². The minimum absolute atomic E-state index is 0.140. The highest BCUT2D eigenvalue weighted by atomic mass is 16.7. The number of pyridine rings is 1. The summed E-state index contributed by atoms with van der Waals surface area (Å²) in [6, 6.07) is 18.7. The fourth-order valence-corrected chi connectivity index (χ4v) is 2.43. The van der Waals surface area contributed by atoms with Gasteiger partial charge in [-0.3, -0.25) is 9.59 Å². The first kappa shape index (κ1) is 26.3. The molecule has 0 fully saturated rings. The second kappa shape index (κ2) is 13.5. The lowest BCUT2D eigenvalue weighted by atomic mass is 10.2. The number of carbonyl (C=O) groups is 3. The van der Waals surface area contributed by atoms with Gasteiger partial charge in [0, 0.05) is 12.6 Å². The maximum atomic E-state index is 11.8. The van der Waals surface area contributed by atoms with Crippen LogP contribution in [0.15, 0.2) is 66.7 Å². The number of alkyl carbamates (subject to hydrolysis) is 1. The molecule has 0 atom stereocenters. The maximum absolute atomic E-state index is 11.8. The molecule has 1 aromatic heterocycles.